The topological polar surface area (TPSA) is 25.2 Å². The Morgan fingerprint density at radius 1 is 1.21 bits per heavy atom. The lowest BCUT2D eigenvalue weighted by Gasteiger charge is -2.10. The highest BCUT2D eigenvalue weighted by atomic mass is 32.1. The van der Waals surface area contributed by atoms with Gasteiger partial charge in [0, 0.05) is 11.2 Å². The summed E-state index contributed by atoms with van der Waals surface area (Å²) in [5.74, 6) is 1.96. The second-order valence-corrected chi connectivity index (χ2v) is 5.72. The minimum Gasteiger partial charge on any atom is -0.465 e. The predicted molar refractivity (Wildman–Crippen MR) is 80.5 cm³/mol. The second-order valence-electron chi connectivity index (χ2n) is 4.81. The molecule has 2 heterocycles. The third-order valence-electron chi connectivity index (χ3n) is 3.35. The summed E-state index contributed by atoms with van der Waals surface area (Å²) in [5, 5.41) is 7.10. The van der Waals surface area contributed by atoms with Gasteiger partial charge in [-0.15, -0.1) is 11.3 Å². The summed E-state index contributed by atoms with van der Waals surface area (Å²) >= 11 is 1.80. The molecule has 0 aliphatic heterocycles. The van der Waals surface area contributed by atoms with E-state index in [2.05, 4.69) is 41.9 Å². The van der Waals surface area contributed by atoms with Crippen LogP contribution in [0.3, 0.4) is 0 Å². The Kier molecular flexibility index (Phi) is 3.40. The Morgan fingerprint density at radius 2 is 2.05 bits per heavy atom. The molecule has 0 fully saturated rings. The number of nitrogens with one attached hydrogen (secondary N) is 1. The molecule has 3 aromatic rings. The zero-order valence-corrected chi connectivity index (χ0v) is 12.0. The van der Waals surface area contributed by atoms with Gasteiger partial charge in [-0.05, 0) is 48.4 Å². The summed E-state index contributed by atoms with van der Waals surface area (Å²) in [6, 6.07) is 12.8. The molecule has 1 unspecified atom stereocenters. The summed E-state index contributed by atoms with van der Waals surface area (Å²) in [5.41, 5.74) is 1.36. The van der Waals surface area contributed by atoms with Gasteiger partial charge in [-0.1, -0.05) is 18.2 Å². The smallest absolute Gasteiger partial charge is 0.120 e. The third kappa shape index (κ3) is 2.57. The van der Waals surface area contributed by atoms with E-state index < -0.39 is 0 Å². The van der Waals surface area contributed by atoms with Gasteiger partial charge in [-0.25, -0.2) is 0 Å². The van der Waals surface area contributed by atoms with Crippen LogP contribution in [0, 0.1) is 6.92 Å². The highest BCUT2D eigenvalue weighted by Crippen LogP contribution is 2.26. The molecule has 0 saturated heterocycles. The van der Waals surface area contributed by atoms with Crippen molar-refractivity contribution < 1.29 is 4.42 Å². The molecule has 3 rings (SSSR count). The van der Waals surface area contributed by atoms with Crippen molar-refractivity contribution in [1.29, 1.82) is 0 Å². The maximum absolute atomic E-state index is 5.64. The van der Waals surface area contributed by atoms with Crippen molar-refractivity contribution in [3.8, 4) is 0 Å². The van der Waals surface area contributed by atoms with E-state index in [4.69, 9.17) is 4.42 Å². The molecule has 2 aromatic heterocycles. The van der Waals surface area contributed by atoms with E-state index in [1.165, 1.54) is 15.6 Å². The Labute approximate surface area is 117 Å². The molecule has 1 aromatic carbocycles. The van der Waals surface area contributed by atoms with Crippen LogP contribution in [0.2, 0.25) is 0 Å². The van der Waals surface area contributed by atoms with Crippen molar-refractivity contribution in [2.24, 2.45) is 0 Å². The first-order valence-electron chi connectivity index (χ1n) is 6.49. The van der Waals surface area contributed by atoms with Crippen LogP contribution in [0.5, 0.6) is 0 Å². The number of aryl methyl sites for hydroxylation is 1. The fourth-order valence-corrected chi connectivity index (χ4v) is 3.18. The number of hydrogen-bond acceptors (Lipinski definition) is 3. The Morgan fingerprint density at radius 3 is 2.84 bits per heavy atom. The minimum absolute atomic E-state index is 0.229. The average molecular weight is 271 g/mol. The molecule has 98 valence electrons. The molecule has 0 bridgehead atoms. The summed E-state index contributed by atoms with van der Waals surface area (Å²) in [4.78, 5) is 0. The molecular formula is C16H17NOS. The van der Waals surface area contributed by atoms with Crippen molar-refractivity contribution in [3.05, 3.63) is 58.9 Å². The maximum atomic E-state index is 5.64. The quantitative estimate of drug-likeness (QED) is 0.747. The molecule has 0 spiro atoms. The molecule has 0 aliphatic carbocycles. The van der Waals surface area contributed by atoms with Gasteiger partial charge >= 0.3 is 0 Å². The van der Waals surface area contributed by atoms with Crippen LogP contribution in [0.25, 0.3) is 10.1 Å². The molecule has 1 atom stereocenters. The van der Waals surface area contributed by atoms with Crippen LogP contribution in [0.4, 0.5) is 0 Å². The SMILES string of the molecule is Cc1ccc(C(C)NCc2csc3ccccc23)o1. The highest BCUT2D eigenvalue weighted by Gasteiger charge is 2.10. The van der Waals surface area contributed by atoms with Crippen molar-refractivity contribution >= 4 is 21.4 Å². The second kappa shape index (κ2) is 5.19. The van der Waals surface area contributed by atoms with E-state index in [1.807, 2.05) is 19.1 Å². The monoisotopic (exact) mass is 271 g/mol. The zero-order valence-electron chi connectivity index (χ0n) is 11.1. The summed E-state index contributed by atoms with van der Waals surface area (Å²) in [7, 11) is 0. The number of benzene rings is 1. The first kappa shape index (κ1) is 12.5. The summed E-state index contributed by atoms with van der Waals surface area (Å²) < 4.78 is 6.99. The van der Waals surface area contributed by atoms with Gasteiger partial charge in [0.15, 0.2) is 0 Å². The van der Waals surface area contributed by atoms with Crippen LogP contribution in [-0.2, 0) is 6.54 Å². The van der Waals surface area contributed by atoms with Crippen LogP contribution >= 0.6 is 11.3 Å². The van der Waals surface area contributed by atoms with E-state index in [-0.39, 0.29) is 6.04 Å². The van der Waals surface area contributed by atoms with E-state index in [0.29, 0.717) is 0 Å². The number of thiophene rings is 1. The van der Waals surface area contributed by atoms with E-state index in [0.717, 1.165) is 18.1 Å². The molecular weight excluding hydrogens is 254 g/mol. The van der Waals surface area contributed by atoms with E-state index in [9.17, 15) is 0 Å². The number of hydrogen-bond donors (Lipinski definition) is 1. The third-order valence-corrected chi connectivity index (χ3v) is 4.36. The maximum Gasteiger partial charge on any atom is 0.120 e. The summed E-state index contributed by atoms with van der Waals surface area (Å²) in [6.45, 7) is 4.97. The molecule has 0 aliphatic rings. The first-order valence-corrected chi connectivity index (χ1v) is 7.37. The van der Waals surface area contributed by atoms with Crippen molar-refractivity contribution in [2.75, 3.05) is 0 Å². The highest BCUT2D eigenvalue weighted by molar-refractivity contribution is 7.17. The van der Waals surface area contributed by atoms with E-state index in [1.54, 1.807) is 11.3 Å². The fraction of sp³-hybridized carbons (Fsp3) is 0.250. The van der Waals surface area contributed by atoms with Crippen LogP contribution < -0.4 is 5.32 Å². The fourth-order valence-electron chi connectivity index (χ4n) is 2.22. The van der Waals surface area contributed by atoms with Gasteiger partial charge in [0.1, 0.15) is 11.5 Å². The molecule has 19 heavy (non-hydrogen) atoms. The molecule has 0 amide bonds. The normalized spacial score (nSPS) is 12.9. The summed E-state index contributed by atoms with van der Waals surface area (Å²) in [6.07, 6.45) is 0. The lowest BCUT2D eigenvalue weighted by Crippen LogP contribution is -2.17. The van der Waals surface area contributed by atoms with Crippen LogP contribution in [0.1, 0.15) is 30.0 Å². The van der Waals surface area contributed by atoms with Gasteiger partial charge in [-0.2, -0.15) is 0 Å². The largest absolute Gasteiger partial charge is 0.465 e. The molecule has 0 saturated carbocycles. The average Bonchev–Trinajstić information content (AvgIpc) is 3.02. The lowest BCUT2D eigenvalue weighted by atomic mass is 10.1. The molecule has 2 nitrogen and oxygen atoms in total. The Hall–Kier alpha value is -1.58. The van der Waals surface area contributed by atoms with Gasteiger partial charge in [0.05, 0.1) is 6.04 Å². The number of rotatable bonds is 4. The lowest BCUT2D eigenvalue weighted by molar-refractivity contribution is 0.416. The van der Waals surface area contributed by atoms with Crippen molar-refractivity contribution in [3.63, 3.8) is 0 Å². The minimum atomic E-state index is 0.229. The van der Waals surface area contributed by atoms with Crippen LogP contribution in [0.15, 0.2) is 46.2 Å². The zero-order chi connectivity index (χ0) is 13.2. The van der Waals surface area contributed by atoms with E-state index >= 15 is 0 Å². The Bertz CT molecular complexity index is 683. The van der Waals surface area contributed by atoms with Crippen molar-refractivity contribution in [1.82, 2.24) is 5.32 Å². The van der Waals surface area contributed by atoms with Gasteiger partial charge in [-0.3, -0.25) is 0 Å². The number of fused-ring (bicyclic) bond motifs is 1. The molecule has 1 N–H and O–H groups in total. The Balaban J connectivity index is 1.72. The van der Waals surface area contributed by atoms with Crippen LogP contribution in [-0.4, -0.2) is 0 Å². The molecule has 0 radical (unpaired) electrons. The van der Waals surface area contributed by atoms with Gasteiger partial charge in [0.2, 0.25) is 0 Å². The van der Waals surface area contributed by atoms with Crippen molar-refractivity contribution in [2.45, 2.75) is 26.4 Å². The first-order chi connectivity index (χ1) is 9.24. The number of furan rings is 1. The van der Waals surface area contributed by atoms with Gasteiger partial charge < -0.3 is 9.73 Å². The predicted octanol–water partition coefficient (Wildman–Crippen LogP) is 4.65. The standard InChI is InChI=1S/C16H17NOS/c1-11-7-8-15(18-11)12(2)17-9-13-10-19-16-6-4-3-5-14(13)16/h3-8,10,12,17H,9H2,1-2H3. The van der Waals surface area contributed by atoms with Gasteiger partial charge in [0.25, 0.3) is 0 Å². The molecule has 3 heteroatoms.